The Kier molecular flexibility index (Phi) is 4.67. The molecule has 0 radical (unpaired) electrons. The fourth-order valence-corrected chi connectivity index (χ4v) is 2.82. The maximum Gasteiger partial charge on any atom is 0.258 e. The van der Waals surface area contributed by atoms with E-state index in [2.05, 4.69) is 10.2 Å². The molecule has 1 aliphatic rings. The Morgan fingerprint density at radius 2 is 1.87 bits per heavy atom. The number of anilines is 1. The number of halogens is 2. The monoisotopic (exact) mass is 316 g/mol. The average Bonchev–Trinajstić information content (AvgIpc) is 3.00. The van der Waals surface area contributed by atoms with Crippen molar-refractivity contribution in [1.82, 2.24) is 4.90 Å². The molecule has 5 heteroatoms. The van der Waals surface area contributed by atoms with Crippen LogP contribution < -0.4 is 5.32 Å². The van der Waals surface area contributed by atoms with Crippen LogP contribution in [0.15, 0.2) is 42.5 Å². The number of hydrogen-bond acceptors (Lipinski definition) is 2. The van der Waals surface area contributed by atoms with E-state index in [0.29, 0.717) is 11.8 Å². The van der Waals surface area contributed by atoms with Gasteiger partial charge in [-0.15, -0.1) is 0 Å². The van der Waals surface area contributed by atoms with Crippen molar-refractivity contribution < 1.29 is 13.6 Å². The molecule has 2 aromatic carbocycles. The van der Waals surface area contributed by atoms with Crippen LogP contribution in [0.3, 0.4) is 0 Å². The van der Waals surface area contributed by atoms with E-state index in [1.807, 2.05) is 18.2 Å². The van der Waals surface area contributed by atoms with Gasteiger partial charge in [0.25, 0.3) is 5.91 Å². The van der Waals surface area contributed by atoms with Gasteiger partial charge in [0.05, 0.1) is 5.56 Å². The zero-order chi connectivity index (χ0) is 16.2. The molecule has 3 rings (SSSR count). The molecule has 1 heterocycles. The molecule has 0 aliphatic carbocycles. The topological polar surface area (TPSA) is 32.3 Å². The van der Waals surface area contributed by atoms with Crippen molar-refractivity contribution in [2.24, 2.45) is 0 Å². The second-order valence-corrected chi connectivity index (χ2v) is 5.76. The average molecular weight is 316 g/mol. The third-order valence-electron chi connectivity index (χ3n) is 3.97. The Morgan fingerprint density at radius 1 is 1.09 bits per heavy atom. The minimum absolute atomic E-state index is 0.170. The number of likely N-dealkylation sites (tertiary alicyclic amines) is 1. The predicted molar refractivity (Wildman–Crippen MR) is 85.3 cm³/mol. The second kappa shape index (κ2) is 6.87. The molecule has 0 aromatic heterocycles. The molecule has 2 aromatic rings. The summed E-state index contributed by atoms with van der Waals surface area (Å²) in [6.07, 6.45) is 2.44. The van der Waals surface area contributed by atoms with Gasteiger partial charge in [-0.2, -0.15) is 0 Å². The molecular weight excluding hydrogens is 298 g/mol. The molecule has 1 amide bonds. The lowest BCUT2D eigenvalue weighted by Gasteiger charge is -2.15. The van der Waals surface area contributed by atoms with Crippen LogP contribution in [0, 0.1) is 11.6 Å². The van der Waals surface area contributed by atoms with Crippen LogP contribution in [0.2, 0.25) is 0 Å². The molecule has 1 N–H and O–H groups in total. The van der Waals surface area contributed by atoms with Gasteiger partial charge in [0.1, 0.15) is 11.6 Å². The molecule has 1 saturated heterocycles. The maximum atomic E-state index is 13.6. The van der Waals surface area contributed by atoms with Crippen molar-refractivity contribution >= 4 is 11.6 Å². The first-order chi connectivity index (χ1) is 11.1. The zero-order valence-corrected chi connectivity index (χ0v) is 12.7. The third kappa shape index (κ3) is 3.93. The quantitative estimate of drug-likeness (QED) is 0.930. The van der Waals surface area contributed by atoms with Gasteiger partial charge in [0.15, 0.2) is 0 Å². The van der Waals surface area contributed by atoms with Gasteiger partial charge in [-0.25, -0.2) is 8.78 Å². The van der Waals surface area contributed by atoms with Crippen LogP contribution >= 0.6 is 0 Å². The van der Waals surface area contributed by atoms with Gasteiger partial charge in [0.2, 0.25) is 0 Å². The van der Waals surface area contributed by atoms with E-state index in [9.17, 15) is 13.6 Å². The maximum absolute atomic E-state index is 13.6. The number of amides is 1. The summed E-state index contributed by atoms with van der Waals surface area (Å²) < 4.78 is 26.6. The van der Waals surface area contributed by atoms with E-state index in [1.54, 1.807) is 6.07 Å². The van der Waals surface area contributed by atoms with Crippen LogP contribution in [-0.2, 0) is 6.54 Å². The first-order valence-corrected chi connectivity index (χ1v) is 7.69. The SMILES string of the molecule is O=C(Nc1cccc(CN2CCCC2)c1)c1ccc(F)cc1F. The highest BCUT2D eigenvalue weighted by Crippen LogP contribution is 2.18. The van der Waals surface area contributed by atoms with Gasteiger partial charge in [-0.05, 0) is 55.8 Å². The first-order valence-electron chi connectivity index (χ1n) is 7.69. The second-order valence-electron chi connectivity index (χ2n) is 5.76. The fraction of sp³-hybridized carbons (Fsp3) is 0.278. The summed E-state index contributed by atoms with van der Waals surface area (Å²) in [5, 5.41) is 2.66. The smallest absolute Gasteiger partial charge is 0.258 e. The number of nitrogens with one attached hydrogen (secondary N) is 1. The van der Waals surface area contributed by atoms with Crippen LogP contribution in [0.1, 0.15) is 28.8 Å². The van der Waals surface area contributed by atoms with Crippen LogP contribution in [0.25, 0.3) is 0 Å². The van der Waals surface area contributed by atoms with Crippen molar-refractivity contribution in [1.29, 1.82) is 0 Å². The summed E-state index contributed by atoms with van der Waals surface area (Å²) >= 11 is 0. The summed E-state index contributed by atoms with van der Waals surface area (Å²) in [6, 6.07) is 10.4. The predicted octanol–water partition coefficient (Wildman–Crippen LogP) is 3.81. The minimum Gasteiger partial charge on any atom is -0.322 e. The van der Waals surface area contributed by atoms with E-state index in [4.69, 9.17) is 0 Å². The van der Waals surface area contributed by atoms with Crippen molar-refractivity contribution in [3.63, 3.8) is 0 Å². The lowest BCUT2D eigenvalue weighted by molar-refractivity contribution is 0.102. The van der Waals surface area contributed by atoms with Crippen molar-refractivity contribution in [2.75, 3.05) is 18.4 Å². The van der Waals surface area contributed by atoms with E-state index >= 15 is 0 Å². The Balaban J connectivity index is 1.70. The van der Waals surface area contributed by atoms with Crippen molar-refractivity contribution in [2.45, 2.75) is 19.4 Å². The molecule has 1 fully saturated rings. The highest BCUT2D eigenvalue weighted by atomic mass is 19.1. The number of nitrogens with zero attached hydrogens (tertiary/aromatic N) is 1. The van der Waals surface area contributed by atoms with Gasteiger partial charge in [0, 0.05) is 18.3 Å². The molecule has 120 valence electrons. The third-order valence-corrected chi connectivity index (χ3v) is 3.97. The van der Waals surface area contributed by atoms with Crippen LogP contribution in [0.4, 0.5) is 14.5 Å². The summed E-state index contributed by atoms with van der Waals surface area (Å²) in [6.45, 7) is 3.03. The lowest BCUT2D eigenvalue weighted by Crippen LogP contribution is -2.18. The van der Waals surface area contributed by atoms with Crippen LogP contribution in [0.5, 0.6) is 0 Å². The number of hydrogen-bond donors (Lipinski definition) is 1. The molecule has 0 bridgehead atoms. The highest BCUT2D eigenvalue weighted by molar-refractivity contribution is 6.04. The van der Waals surface area contributed by atoms with E-state index in [-0.39, 0.29) is 5.56 Å². The highest BCUT2D eigenvalue weighted by Gasteiger charge is 2.14. The Bertz CT molecular complexity index is 712. The molecule has 23 heavy (non-hydrogen) atoms. The minimum atomic E-state index is -0.865. The molecule has 0 saturated carbocycles. The fourth-order valence-electron chi connectivity index (χ4n) is 2.82. The Morgan fingerprint density at radius 3 is 2.61 bits per heavy atom. The molecule has 0 spiro atoms. The Hall–Kier alpha value is -2.27. The molecule has 0 atom stereocenters. The van der Waals surface area contributed by atoms with Crippen molar-refractivity contribution in [3.8, 4) is 0 Å². The summed E-state index contributed by atoms with van der Waals surface area (Å²) in [5.74, 6) is -2.15. The molecule has 0 unspecified atom stereocenters. The molecule has 3 nitrogen and oxygen atoms in total. The van der Waals surface area contributed by atoms with E-state index in [0.717, 1.165) is 37.3 Å². The number of rotatable bonds is 4. The zero-order valence-electron chi connectivity index (χ0n) is 12.7. The molecular formula is C18H18F2N2O. The summed E-state index contributed by atoms with van der Waals surface area (Å²) in [7, 11) is 0. The van der Waals surface area contributed by atoms with Crippen molar-refractivity contribution in [3.05, 3.63) is 65.2 Å². The van der Waals surface area contributed by atoms with Gasteiger partial charge < -0.3 is 5.32 Å². The number of benzene rings is 2. The largest absolute Gasteiger partial charge is 0.322 e. The molecule has 1 aliphatic heterocycles. The first kappa shape index (κ1) is 15.6. The van der Waals surface area contributed by atoms with Gasteiger partial charge >= 0.3 is 0 Å². The van der Waals surface area contributed by atoms with Gasteiger partial charge in [-0.3, -0.25) is 9.69 Å². The summed E-state index contributed by atoms with van der Waals surface area (Å²) in [5.41, 5.74) is 1.54. The Labute approximate surface area is 133 Å². The lowest BCUT2D eigenvalue weighted by atomic mass is 10.1. The van der Waals surface area contributed by atoms with E-state index in [1.165, 1.54) is 12.8 Å². The van der Waals surface area contributed by atoms with E-state index < -0.39 is 17.5 Å². The number of carbonyl (C=O) groups is 1. The van der Waals surface area contributed by atoms with Crippen LogP contribution in [-0.4, -0.2) is 23.9 Å². The summed E-state index contributed by atoms with van der Waals surface area (Å²) in [4.78, 5) is 14.5. The van der Waals surface area contributed by atoms with Gasteiger partial charge in [-0.1, -0.05) is 12.1 Å². The standard InChI is InChI=1S/C18H18F2N2O/c19-14-6-7-16(17(20)11-14)18(23)21-15-5-3-4-13(10-15)12-22-8-1-2-9-22/h3-7,10-11H,1-2,8-9,12H2,(H,21,23). The number of carbonyl (C=O) groups excluding carboxylic acids is 1. The normalized spacial score (nSPS) is 14.9.